The van der Waals surface area contributed by atoms with Gasteiger partial charge in [0.05, 0.1) is 12.5 Å². The minimum atomic E-state index is -0.217. The van der Waals surface area contributed by atoms with Crippen LogP contribution in [0.1, 0.15) is 30.5 Å². The predicted octanol–water partition coefficient (Wildman–Crippen LogP) is 4.00. The summed E-state index contributed by atoms with van der Waals surface area (Å²) in [7, 11) is 0. The minimum absolute atomic E-state index is 0.0200. The second kappa shape index (κ2) is 7.56. The molecule has 0 spiro atoms. The summed E-state index contributed by atoms with van der Waals surface area (Å²) >= 11 is 0. The molecule has 1 N–H and O–H groups in total. The van der Waals surface area contributed by atoms with E-state index in [1.54, 1.807) is 12.1 Å². The number of hydrogen-bond donors (Lipinski definition) is 1. The Hall–Kier alpha value is -2.18. The standard InChI is InChI=1S/C18H19FN2/c1-14(13-15-7-9-17(19)10-8-15)21-18(11-12-20)16-5-3-2-4-6-16/h2-10,14,18,21H,11,13H2,1H3. The number of halogens is 1. The van der Waals surface area contributed by atoms with Crippen molar-refractivity contribution in [1.29, 1.82) is 5.26 Å². The molecule has 2 aromatic carbocycles. The predicted molar refractivity (Wildman–Crippen MR) is 82.1 cm³/mol. The minimum Gasteiger partial charge on any atom is -0.306 e. The molecule has 2 nitrogen and oxygen atoms in total. The molecule has 0 radical (unpaired) electrons. The summed E-state index contributed by atoms with van der Waals surface area (Å²) < 4.78 is 12.9. The Morgan fingerprint density at radius 1 is 1.10 bits per heavy atom. The van der Waals surface area contributed by atoms with Crippen molar-refractivity contribution in [3.05, 3.63) is 71.5 Å². The van der Waals surface area contributed by atoms with Gasteiger partial charge in [-0.15, -0.1) is 0 Å². The lowest BCUT2D eigenvalue weighted by Crippen LogP contribution is -2.32. The lowest BCUT2D eigenvalue weighted by Gasteiger charge is -2.22. The van der Waals surface area contributed by atoms with Crippen LogP contribution in [0.4, 0.5) is 4.39 Å². The molecule has 0 fully saturated rings. The second-order valence-electron chi connectivity index (χ2n) is 5.22. The van der Waals surface area contributed by atoms with Gasteiger partial charge in [-0.05, 0) is 36.6 Å². The first-order valence-electron chi connectivity index (χ1n) is 7.11. The lowest BCUT2D eigenvalue weighted by atomic mass is 10.0. The van der Waals surface area contributed by atoms with Crippen LogP contribution in [-0.2, 0) is 6.42 Å². The van der Waals surface area contributed by atoms with E-state index in [0.29, 0.717) is 6.42 Å². The Morgan fingerprint density at radius 2 is 1.76 bits per heavy atom. The van der Waals surface area contributed by atoms with Crippen LogP contribution >= 0.6 is 0 Å². The summed E-state index contributed by atoms with van der Waals surface area (Å²) in [6.45, 7) is 2.08. The molecule has 3 heteroatoms. The quantitative estimate of drug-likeness (QED) is 0.869. The fourth-order valence-electron chi connectivity index (χ4n) is 2.43. The molecule has 0 saturated heterocycles. The van der Waals surface area contributed by atoms with Gasteiger partial charge in [-0.3, -0.25) is 0 Å². The van der Waals surface area contributed by atoms with E-state index in [4.69, 9.17) is 5.26 Å². The van der Waals surface area contributed by atoms with Gasteiger partial charge in [-0.25, -0.2) is 4.39 Å². The molecule has 0 aliphatic rings. The van der Waals surface area contributed by atoms with Crippen LogP contribution in [-0.4, -0.2) is 6.04 Å². The third-order valence-electron chi connectivity index (χ3n) is 3.44. The molecule has 0 aliphatic heterocycles. The molecule has 0 bridgehead atoms. The van der Waals surface area contributed by atoms with Gasteiger partial charge in [0, 0.05) is 12.1 Å². The van der Waals surface area contributed by atoms with Crippen LogP contribution in [0.3, 0.4) is 0 Å². The van der Waals surface area contributed by atoms with E-state index in [9.17, 15) is 4.39 Å². The van der Waals surface area contributed by atoms with E-state index in [2.05, 4.69) is 18.3 Å². The van der Waals surface area contributed by atoms with Crippen LogP contribution in [0.15, 0.2) is 54.6 Å². The van der Waals surface area contributed by atoms with Crippen LogP contribution in [0.5, 0.6) is 0 Å². The lowest BCUT2D eigenvalue weighted by molar-refractivity contribution is 0.457. The number of hydrogen-bond acceptors (Lipinski definition) is 2. The molecule has 2 rings (SSSR count). The molecule has 2 atom stereocenters. The number of benzene rings is 2. The van der Waals surface area contributed by atoms with Gasteiger partial charge >= 0.3 is 0 Å². The van der Waals surface area contributed by atoms with Gasteiger partial charge in [0.15, 0.2) is 0 Å². The average molecular weight is 282 g/mol. The fourth-order valence-corrected chi connectivity index (χ4v) is 2.43. The van der Waals surface area contributed by atoms with E-state index in [1.807, 2.05) is 30.3 Å². The van der Waals surface area contributed by atoms with E-state index in [1.165, 1.54) is 12.1 Å². The number of rotatable bonds is 6. The van der Waals surface area contributed by atoms with Crippen molar-refractivity contribution < 1.29 is 4.39 Å². The van der Waals surface area contributed by atoms with Gasteiger partial charge in [0.1, 0.15) is 5.82 Å². The molecule has 0 heterocycles. The van der Waals surface area contributed by atoms with Gasteiger partial charge in [0.25, 0.3) is 0 Å². The van der Waals surface area contributed by atoms with Gasteiger partial charge in [-0.1, -0.05) is 42.5 Å². The van der Waals surface area contributed by atoms with Gasteiger partial charge in [0.2, 0.25) is 0 Å². The molecule has 21 heavy (non-hydrogen) atoms. The molecular weight excluding hydrogens is 263 g/mol. The Bertz CT molecular complexity index is 587. The maximum absolute atomic E-state index is 12.9. The Balaban J connectivity index is 2.00. The Morgan fingerprint density at radius 3 is 2.38 bits per heavy atom. The molecule has 0 aromatic heterocycles. The highest BCUT2D eigenvalue weighted by Gasteiger charge is 2.14. The highest BCUT2D eigenvalue weighted by molar-refractivity contribution is 5.21. The van der Waals surface area contributed by atoms with Crippen molar-refractivity contribution in [1.82, 2.24) is 5.32 Å². The van der Waals surface area contributed by atoms with Crippen molar-refractivity contribution in [2.75, 3.05) is 0 Å². The zero-order valence-electron chi connectivity index (χ0n) is 12.1. The van der Waals surface area contributed by atoms with E-state index in [0.717, 1.165) is 17.5 Å². The van der Waals surface area contributed by atoms with Gasteiger partial charge in [-0.2, -0.15) is 5.26 Å². The monoisotopic (exact) mass is 282 g/mol. The summed E-state index contributed by atoms with van der Waals surface area (Å²) in [6, 6.07) is 19.0. The summed E-state index contributed by atoms with van der Waals surface area (Å²) in [6.07, 6.45) is 1.23. The van der Waals surface area contributed by atoms with Crippen LogP contribution in [0, 0.1) is 17.1 Å². The number of nitrogens with one attached hydrogen (secondary N) is 1. The van der Waals surface area contributed by atoms with Crippen molar-refractivity contribution in [3.63, 3.8) is 0 Å². The van der Waals surface area contributed by atoms with Crippen LogP contribution in [0.2, 0.25) is 0 Å². The smallest absolute Gasteiger partial charge is 0.123 e. The zero-order valence-corrected chi connectivity index (χ0v) is 12.1. The number of nitriles is 1. The van der Waals surface area contributed by atoms with Crippen molar-refractivity contribution >= 4 is 0 Å². The summed E-state index contributed by atoms with van der Waals surface area (Å²) in [4.78, 5) is 0. The highest BCUT2D eigenvalue weighted by atomic mass is 19.1. The van der Waals surface area contributed by atoms with Gasteiger partial charge < -0.3 is 5.32 Å². The largest absolute Gasteiger partial charge is 0.306 e. The van der Waals surface area contributed by atoms with E-state index in [-0.39, 0.29) is 17.9 Å². The molecule has 0 saturated carbocycles. The summed E-state index contributed by atoms with van der Waals surface area (Å²) in [5.41, 5.74) is 2.20. The third kappa shape index (κ3) is 4.70. The SMILES string of the molecule is CC(Cc1ccc(F)cc1)NC(CC#N)c1ccccc1. The first-order chi connectivity index (χ1) is 10.2. The summed E-state index contributed by atoms with van der Waals surface area (Å²) in [5, 5.41) is 12.5. The van der Waals surface area contributed by atoms with E-state index < -0.39 is 0 Å². The Labute approximate surface area is 125 Å². The summed E-state index contributed by atoms with van der Waals surface area (Å²) in [5.74, 6) is -0.217. The average Bonchev–Trinajstić information content (AvgIpc) is 2.50. The second-order valence-corrected chi connectivity index (χ2v) is 5.22. The molecule has 0 aliphatic carbocycles. The van der Waals surface area contributed by atoms with Crippen LogP contribution < -0.4 is 5.32 Å². The maximum Gasteiger partial charge on any atom is 0.123 e. The normalized spacial score (nSPS) is 13.4. The fraction of sp³-hybridized carbons (Fsp3) is 0.278. The molecule has 108 valence electrons. The topological polar surface area (TPSA) is 35.8 Å². The van der Waals surface area contributed by atoms with E-state index >= 15 is 0 Å². The first kappa shape index (κ1) is 15.2. The Kier molecular flexibility index (Phi) is 5.48. The first-order valence-corrected chi connectivity index (χ1v) is 7.11. The number of nitrogens with zero attached hydrogens (tertiary/aromatic N) is 1. The van der Waals surface area contributed by atoms with Crippen molar-refractivity contribution in [2.24, 2.45) is 0 Å². The maximum atomic E-state index is 12.9. The van der Waals surface area contributed by atoms with Crippen molar-refractivity contribution in [2.45, 2.75) is 31.8 Å². The molecule has 2 unspecified atom stereocenters. The molecule has 0 amide bonds. The van der Waals surface area contributed by atoms with Crippen molar-refractivity contribution in [3.8, 4) is 6.07 Å². The molecule has 2 aromatic rings. The molecular formula is C18H19FN2. The third-order valence-corrected chi connectivity index (χ3v) is 3.44. The zero-order chi connectivity index (χ0) is 15.1. The highest BCUT2D eigenvalue weighted by Crippen LogP contribution is 2.17. The van der Waals surface area contributed by atoms with Crippen LogP contribution in [0.25, 0.3) is 0 Å².